The molecule has 8 nitrogen and oxygen atoms in total. The predicted molar refractivity (Wildman–Crippen MR) is 206 cm³/mol. The number of benzene rings is 1. The van der Waals surface area contributed by atoms with E-state index in [0.717, 1.165) is 50.4 Å². The van der Waals surface area contributed by atoms with Crippen LogP contribution in [0.1, 0.15) is 164 Å². The van der Waals surface area contributed by atoms with Crippen LogP contribution in [-0.2, 0) is 28.6 Å². The third-order valence-electron chi connectivity index (χ3n) is 14.6. The van der Waals surface area contributed by atoms with Gasteiger partial charge in [0, 0.05) is 6.42 Å². The molecule has 8 aliphatic carbocycles. The van der Waals surface area contributed by atoms with Gasteiger partial charge in [0.1, 0.15) is 17.0 Å². The smallest absolute Gasteiger partial charge is 0.344 e. The van der Waals surface area contributed by atoms with E-state index in [2.05, 4.69) is 20.8 Å². The molecule has 0 aliphatic heterocycles. The maximum atomic E-state index is 12.4. The van der Waals surface area contributed by atoms with Crippen molar-refractivity contribution in [1.82, 2.24) is 0 Å². The monoisotopic (exact) mass is 739 g/mol. The summed E-state index contributed by atoms with van der Waals surface area (Å²) in [6.07, 6.45) is 14.4. The summed E-state index contributed by atoms with van der Waals surface area (Å²) in [6, 6.07) is 7.43. The Morgan fingerprint density at radius 3 is 1.72 bits per heavy atom. The van der Waals surface area contributed by atoms with E-state index in [-0.39, 0.29) is 35.7 Å². The first kappa shape index (κ1) is 41.6. The highest BCUT2D eigenvalue weighted by Gasteiger charge is 2.60. The van der Waals surface area contributed by atoms with Crippen molar-refractivity contribution < 1.29 is 38.8 Å². The molecule has 0 aromatic heterocycles. The van der Waals surface area contributed by atoms with Crippen LogP contribution in [0.15, 0.2) is 24.3 Å². The average Bonchev–Trinajstić information content (AvgIpc) is 3.08. The Bertz CT molecular complexity index is 1400. The molecule has 53 heavy (non-hydrogen) atoms. The summed E-state index contributed by atoms with van der Waals surface area (Å²) in [7, 11) is 0. The molecule has 8 bridgehead atoms. The van der Waals surface area contributed by atoms with Crippen molar-refractivity contribution in [2.45, 2.75) is 175 Å². The van der Waals surface area contributed by atoms with E-state index >= 15 is 0 Å². The fraction of sp³-hybridized carbons (Fsp3) is 0.800. The van der Waals surface area contributed by atoms with Gasteiger partial charge in [0.15, 0.2) is 6.61 Å². The zero-order valence-corrected chi connectivity index (χ0v) is 34.3. The molecule has 0 saturated heterocycles. The highest BCUT2D eigenvalue weighted by atomic mass is 16.6. The van der Waals surface area contributed by atoms with E-state index < -0.39 is 16.4 Å². The number of ether oxygens (including phenoxy) is 3. The molecule has 298 valence electrons. The topological polar surface area (TPSA) is 119 Å². The highest BCUT2D eigenvalue weighted by Crippen LogP contribution is 2.60. The SMILES string of the molecule is CCC(C)(C)C(=O)OC12CC3CC(CC(O)(C3)C1)C2.CCC(C)(C)C(=O)OCC(=O)OC1(C)C2CC3CC(C2)CC1C3.CCC(C)c1ccc(O)cc1. The number of aliphatic hydroxyl groups is 1. The first-order valence-corrected chi connectivity index (χ1v) is 20.9. The van der Waals surface area contributed by atoms with Crippen LogP contribution in [0.5, 0.6) is 5.75 Å². The maximum absolute atomic E-state index is 12.4. The molecular weight excluding hydrogens is 668 g/mol. The van der Waals surface area contributed by atoms with Gasteiger partial charge >= 0.3 is 17.9 Å². The van der Waals surface area contributed by atoms with Crippen LogP contribution in [0.3, 0.4) is 0 Å². The van der Waals surface area contributed by atoms with Crippen molar-refractivity contribution in [3.05, 3.63) is 29.8 Å². The summed E-state index contributed by atoms with van der Waals surface area (Å²) < 4.78 is 17.1. The Morgan fingerprint density at radius 2 is 1.25 bits per heavy atom. The maximum Gasteiger partial charge on any atom is 0.344 e. The minimum atomic E-state index is -0.555. The standard InChI is InChI=1S/C19H30O4.C16H26O3.C10H14O/c1-5-18(2,3)17(21)22-11-16(20)23-19(4)14-7-12-6-13(9-14)10-15(19)8-12;1-4-14(2,3)13(17)19-16-8-11-5-12(9-16)7-15(18,6-11)10-16;1-3-8(2)9-4-6-10(11)7-5-9/h12-15H,5-11H2,1-4H3;11-12,18H,4-10H2,1-3H3;4-8,11H,3H2,1-2H3. The molecule has 2 N–H and O–H groups in total. The molecule has 8 heteroatoms. The average molecular weight is 739 g/mol. The van der Waals surface area contributed by atoms with Gasteiger partial charge in [-0.1, -0.05) is 39.8 Å². The van der Waals surface area contributed by atoms with Gasteiger partial charge in [-0.05, 0) is 177 Å². The number of rotatable bonds is 10. The second-order valence-corrected chi connectivity index (χ2v) is 19.7. The van der Waals surface area contributed by atoms with Gasteiger partial charge in [-0.15, -0.1) is 0 Å². The van der Waals surface area contributed by atoms with Crippen LogP contribution in [-0.4, -0.2) is 51.5 Å². The zero-order valence-electron chi connectivity index (χ0n) is 34.3. The summed E-state index contributed by atoms with van der Waals surface area (Å²) in [6.45, 7) is 17.7. The molecule has 9 rings (SSSR count). The largest absolute Gasteiger partial charge is 0.508 e. The predicted octanol–water partition coefficient (Wildman–Crippen LogP) is 9.68. The summed E-state index contributed by atoms with van der Waals surface area (Å²) in [5, 5.41) is 19.7. The Morgan fingerprint density at radius 1 is 0.755 bits per heavy atom. The number of phenolic OH excluding ortho intramolecular Hbond substituents is 1. The first-order valence-electron chi connectivity index (χ1n) is 20.9. The number of aromatic hydroxyl groups is 1. The van der Waals surface area contributed by atoms with Crippen molar-refractivity contribution in [2.24, 2.45) is 46.3 Å². The molecule has 1 aromatic carbocycles. The Balaban J connectivity index is 0.000000163. The van der Waals surface area contributed by atoms with Crippen molar-refractivity contribution in [1.29, 1.82) is 0 Å². The van der Waals surface area contributed by atoms with Crippen LogP contribution >= 0.6 is 0 Å². The van der Waals surface area contributed by atoms with Crippen molar-refractivity contribution in [2.75, 3.05) is 6.61 Å². The number of carbonyl (C=O) groups excluding carboxylic acids is 3. The normalized spacial score (nSPS) is 35.3. The van der Waals surface area contributed by atoms with Crippen LogP contribution < -0.4 is 0 Å². The van der Waals surface area contributed by atoms with Crippen LogP contribution in [0.2, 0.25) is 0 Å². The van der Waals surface area contributed by atoms with Crippen LogP contribution in [0.4, 0.5) is 0 Å². The molecule has 3 atom stereocenters. The second kappa shape index (κ2) is 15.9. The van der Waals surface area contributed by atoms with E-state index in [1.54, 1.807) is 12.1 Å². The van der Waals surface area contributed by atoms with E-state index in [1.165, 1.54) is 44.1 Å². The lowest BCUT2D eigenvalue weighted by molar-refractivity contribution is -0.225. The Kier molecular flexibility index (Phi) is 12.4. The van der Waals surface area contributed by atoms with Gasteiger partial charge < -0.3 is 24.4 Å². The Labute approximate surface area is 319 Å². The van der Waals surface area contributed by atoms with Crippen LogP contribution in [0.25, 0.3) is 0 Å². The number of carbonyl (C=O) groups is 3. The lowest BCUT2D eigenvalue weighted by Gasteiger charge is -2.59. The third-order valence-corrected chi connectivity index (χ3v) is 14.6. The van der Waals surface area contributed by atoms with Gasteiger partial charge in [-0.3, -0.25) is 9.59 Å². The molecule has 8 fully saturated rings. The second-order valence-electron chi connectivity index (χ2n) is 19.7. The summed E-state index contributed by atoms with van der Waals surface area (Å²) in [5.74, 6) is 3.92. The van der Waals surface area contributed by atoms with Gasteiger partial charge in [-0.25, -0.2) is 4.79 Å². The highest BCUT2D eigenvalue weighted by molar-refractivity contribution is 5.80. The molecule has 3 unspecified atom stereocenters. The minimum absolute atomic E-state index is 0.0828. The molecular formula is C45H70O8. The molecule has 8 aliphatic rings. The fourth-order valence-electron chi connectivity index (χ4n) is 10.8. The van der Waals surface area contributed by atoms with Gasteiger partial charge in [0.2, 0.25) is 0 Å². The van der Waals surface area contributed by atoms with Crippen molar-refractivity contribution in [3.8, 4) is 5.75 Å². The van der Waals surface area contributed by atoms with Crippen molar-refractivity contribution in [3.63, 3.8) is 0 Å². The Hall–Kier alpha value is -2.61. The minimum Gasteiger partial charge on any atom is -0.508 e. The van der Waals surface area contributed by atoms with Gasteiger partial charge in [-0.2, -0.15) is 0 Å². The number of esters is 3. The molecule has 0 radical (unpaired) electrons. The molecule has 0 heterocycles. The number of hydrogen-bond donors (Lipinski definition) is 2. The van der Waals surface area contributed by atoms with E-state index in [4.69, 9.17) is 19.3 Å². The molecule has 0 spiro atoms. The number of hydrogen-bond acceptors (Lipinski definition) is 8. The van der Waals surface area contributed by atoms with Gasteiger partial charge in [0.05, 0.1) is 16.4 Å². The van der Waals surface area contributed by atoms with E-state index in [0.29, 0.717) is 48.2 Å². The lowest BCUT2D eigenvalue weighted by Crippen LogP contribution is -2.61. The van der Waals surface area contributed by atoms with Crippen molar-refractivity contribution >= 4 is 17.9 Å². The summed E-state index contributed by atoms with van der Waals surface area (Å²) >= 11 is 0. The zero-order chi connectivity index (χ0) is 39.0. The van der Waals surface area contributed by atoms with Gasteiger partial charge in [0.25, 0.3) is 0 Å². The van der Waals surface area contributed by atoms with E-state index in [9.17, 15) is 19.5 Å². The quantitative estimate of drug-likeness (QED) is 0.180. The lowest BCUT2D eigenvalue weighted by atomic mass is 9.50. The molecule has 8 saturated carbocycles. The van der Waals surface area contributed by atoms with E-state index in [1.807, 2.05) is 53.7 Å². The molecule has 1 aromatic rings. The fourth-order valence-corrected chi connectivity index (χ4v) is 10.8. The third kappa shape index (κ3) is 9.44. The molecule has 0 amide bonds. The summed E-state index contributed by atoms with van der Waals surface area (Å²) in [5.41, 5.74) is -0.927. The number of phenols is 1. The van der Waals surface area contributed by atoms with Crippen LogP contribution in [0, 0.1) is 46.3 Å². The first-order chi connectivity index (χ1) is 24.7. The summed E-state index contributed by atoms with van der Waals surface area (Å²) in [4.78, 5) is 36.6.